The Balaban J connectivity index is 1.84. The number of amides is 1. The number of hydrogen-bond acceptors (Lipinski definition) is 4. The summed E-state index contributed by atoms with van der Waals surface area (Å²) < 4.78 is 0. The summed E-state index contributed by atoms with van der Waals surface area (Å²) in [5.41, 5.74) is 5.05. The van der Waals surface area contributed by atoms with Crippen molar-refractivity contribution in [2.45, 2.75) is 33.6 Å². The van der Waals surface area contributed by atoms with Crippen LogP contribution in [0.3, 0.4) is 0 Å². The average molecular weight is 360 g/mol. The highest BCUT2D eigenvalue weighted by Gasteiger charge is 2.13. The van der Waals surface area contributed by atoms with Crippen LogP contribution >= 0.6 is 0 Å². The lowest BCUT2D eigenvalue weighted by molar-refractivity contribution is 0.102. The topological polar surface area (TPSA) is 66.9 Å². The monoisotopic (exact) mass is 360 g/mol. The molecule has 0 radical (unpaired) electrons. The molecule has 27 heavy (non-hydrogen) atoms. The molecule has 0 aliphatic rings. The number of hydrogen-bond donors (Lipinski definition) is 2. The van der Waals surface area contributed by atoms with E-state index in [1.807, 2.05) is 56.3 Å². The minimum Gasteiger partial charge on any atom is -0.324 e. The molecule has 0 saturated carbocycles. The van der Waals surface area contributed by atoms with Gasteiger partial charge in [0.25, 0.3) is 5.91 Å². The number of nitrogens with zero attached hydrogens (tertiary/aromatic N) is 2. The van der Waals surface area contributed by atoms with E-state index in [4.69, 9.17) is 0 Å². The molecule has 3 aromatic rings. The van der Waals surface area contributed by atoms with E-state index in [1.54, 1.807) is 6.07 Å². The third-order valence-electron chi connectivity index (χ3n) is 4.23. The number of carbonyl (C=O) groups excluding carboxylic acids is 1. The van der Waals surface area contributed by atoms with E-state index in [9.17, 15) is 4.79 Å². The van der Waals surface area contributed by atoms with Crippen molar-refractivity contribution in [3.63, 3.8) is 0 Å². The molecule has 1 aromatic heterocycles. The van der Waals surface area contributed by atoms with Gasteiger partial charge in [-0.05, 0) is 49.6 Å². The van der Waals surface area contributed by atoms with Crippen LogP contribution in [0, 0.1) is 13.8 Å². The SMILES string of the molecule is Cc1ccc(NC(=O)c2cc(C)nc(Nc3ccccc3C(C)C)n2)cc1. The first-order valence-corrected chi connectivity index (χ1v) is 9.02. The Hall–Kier alpha value is -3.21. The number of nitrogens with one attached hydrogen (secondary N) is 2. The van der Waals surface area contributed by atoms with Crippen LogP contribution in [0.25, 0.3) is 0 Å². The van der Waals surface area contributed by atoms with Gasteiger partial charge in [0.15, 0.2) is 0 Å². The molecule has 0 aliphatic carbocycles. The maximum atomic E-state index is 12.6. The van der Waals surface area contributed by atoms with E-state index in [1.165, 1.54) is 5.56 Å². The van der Waals surface area contributed by atoms with Crippen molar-refractivity contribution in [2.75, 3.05) is 10.6 Å². The molecule has 0 aliphatic heterocycles. The summed E-state index contributed by atoms with van der Waals surface area (Å²) in [7, 11) is 0. The van der Waals surface area contributed by atoms with Crippen molar-refractivity contribution in [1.82, 2.24) is 9.97 Å². The van der Waals surface area contributed by atoms with Crippen molar-refractivity contribution in [3.05, 3.63) is 77.1 Å². The molecular weight excluding hydrogens is 336 g/mol. The van der Waals surface area contributed by atoms with Gasteiger partial charge in [-0.3, -0.25) is 4.79 Å². The van der Waals surface area contributed by atoms with E-state index >= 15 is 0 Å². The summed E-state index contributed by atoms with van der Waals surface area (Å²) in [5, 5.41) is 6.14. The van der Waals surface area contributed by atoms with Crippen LogP contribution in [0.4, 0.5) is 17.3 Å². The number of para-hydroxylation sites is 1. The molecule has 5 nitrogen and oxygen atoms in total. The second-order valence-electron chi connectivity index (χ2n) is 6.91. The van der Waals surface area contributed by atoms with Crippen LogP contribution in [-0.4, -0.2) is 15.9 Å². The molecule has 0 bridgehead atoms. The third-order valence-corrected chi connectivity index (χ3v) is 4.23. The summed E-state index contributed by atoms with van der Waals surface area (Å²) in [5.74, 6) is 0.518. The van der Waals surface area contributed by atoms with Crippen LogP contribution in [0.2, 0.25) is 0 Å². The molecule has 1 amide bonds. The van der Waals surface area contributed by atoms with Crippen LogP contribution in [-0.2, 0) is 0 Å². The fourth-order valence-electron chi connectivity index (χ4n) is 2.81. The van der Waals surface area contributed by atoms with E-state index < -0.39 is 0 Å². The zero-order valence-corrected chi connectivity index (χ0v) is 16.1. The fraction of sp³-hybridized carbons (Fsp3) is 0.227. The first-order chi connectivity index (χ1) is 12.9. The van der Waals surface area contributed by atoms with Crippen molar-refractivity contribution in [2.24, 2.45) is 0 Å². The molecule has 0 saturated heterocycles. The second-order valence-corrected chi connectivity index (χ2v) is 6.91. The maximum Gasteiger partial charge on any atom is 0.274 e. The zero-order valence-electron chi connectivity index (χ0n) is 16.1. The normalized spacial score (nSPS) is 10.7. The predicted molar refractivity (Wildman–Crippen MR) is 110 cm³/mol. The van der Waals surface area contributed by atoms with Gasteiger partial charge in [0, 0.05) is 17.1 Å². The number of aryl methyl sites for hydroxylation is 2. The minimum atomic E-state index is -0.260. The number of aromatic nitrogens is 2. The molecule has 1 heterocycles. The molecule has 0 spiro atoms. The molecule has 2 N–H and O–H groups in total. The lowest BCUT2D eigenvalue weighted by Gasteiger charge is -2.14. The van der Waals surface area contributed by atoms with Crippen molar-refractivity contribution in [1.29, 1.82) is 0 Å². The van der Waals surface area contributed by atoms with Gasteiger partial charge >= 0.3 is 0 Å². The van der Waals surface area contributed by atoms with Gasteiger partial charge in [0.2, 0.25) is 5.95 Å². The molecule has 2 aromatic carbocycles. The Kier molecular flexibility index (Phi) is 5.50. The van der Waals surface area contributed by atoms with E-state index in [-0.39, 0.29) is 5.91 Å². The number of carbonyl (C=O) groups is 1. The summed E-state index contributed by atoms with van der Waals surface area (Å²) in [6, 6.07) is 17.4. The van der Waals surface area contributed by atoms with Gasteiger partial charge in [0.1, 0.15) is 5.69 Å². The fourth-order valence-corrected chi connectivity index (χ4v) is 2.81. The molecule has 0 atom stereocenters. The van der Waals surface area contributed by atoms with Crippen LogP contribution in [0.5, 0.6) is 0 Å². The Morgan fingerprint density at radius 3 is 2.37 bits per heavy atom. The molecule has 138 valence electrons. The Labute approximate surface area is 159 Å². The Morgan fingerprint density at radius 1 is 0.963 bits per heavy atom. The maximum absolute atomic E-state index is 12.6. The molecule has 0 fully saturated rings. The van der Waals surface area contributed by atoms with Gasteiger partial charge in [-0.25, -0.2) is 9.97 Å². The molecule has 0 unspecified atom stereocenters. The van der Waals surface area contributed by atoms with Gasteiger partial charge in [0.05, 0.1) is 0 Å². The predicted octanol–water partition coefficient (Wildman–Crippen LogP) is 5.21. The highest BCUT2D eigenvalue weighted by atomic mass is 16.1. The summed E-state index contributed by atoms with van der Waals surface area (Å²) in [6.07, 6.45) is 0. The Morgan fingerprint density at radius 2 is 1.67 bits per heavy atom. The number of rotatable bonds is 5. The smallest absolute Gasteiger partial charge is 0.274 e. The van der Waals surface area contributed by atoms with Gasteiger partial charge < -0.3 is 10.6 Å². The standard InChI is InChI=1S/C22H24N4O/c1-14(2)18-7-5-6-8-19(18)25-22-23-16(4)13-20(26-22)21(27)24-17-11-9-15(3)10-12-17/h5-14H,1-4H3,(H,24,27)(H,23,25,26). The lowest BCUT2D eigenvalue weighted by atomic mass is 10.0. The Bertz CT molecular complexity index is 949. The number of benzene rings is 2. The van der Waals surface area contributed by atoms with Crippen LogP contribution < -0.4 is 10.6 Å². The van der Waals surface area contributed by atoms with Crippen molar-refractivity contribution < 1.29 is 4.79 Å². The highest BCUT2D eigenvalue weighted by molar-refractivity contribution is 6.03. The summed E-state index contributed by atoms with van der Waals surface area (Å²) >= 11 is 0. The van der Waals surface area contributed by atoms with Crippen LogP contribution in [0.15, 0.2) is 54.6 Å². The highest BCUT2D eigenvalue weighted by Crippen LogP contribution is 2.26. The van der Waals surface area contributed by atoms with Gasteiger partial charge in [-0.2, -0.15) is 0 Å². The van der Waals surface area contributed by atoms with E-state index in [2.05, 4.69) is 40.5 Å². The van der Waals surface area contributed by atoms with Crippen molar-refractivity contribution >= 4 is 23.2 Å². The molecule has 3 rings (SSSR count). The van der Waals surface area contributed by atoms with Crippen molar-refractivity contribution in [3.8, 4) is 0 Å². The lowest BCUT2D eigenvalue weighted by Crippen LogP contribution is -2.15. The van der Waals surface area contributed by atoms with Gasteiger partial charge in [-0.15, -0.1) is 0 Å². The minimum absolute atomic E-state index is 0.260. The molecule has 5 heteroatoms. The summed E-state index contributed by atoms with van der Waals surface area (Å²) in [4.78, 5) is 21.4. The third kappa shape index (κ3) is 4.70. The molecular formula is C22H24N4O. The van der Waals surface area contributed by atoms with Gasteiger partial charge in [-0.1, -0.05) is 49.7 Å². The first-order valence-electron chi connectivity index (χ1n) is 9.02. The largest absolute Gasteiger partial charge is 0.324 e. The second kappa shape index (κ2) is 7.99. The first kappa shape index (κ1) is 18.6. The summed E-state index contributed by atoms with van der Waals surface area (Å²) in [6.45, 7) is 8.13. The zero-order chi connectivity index (χ0) is 19.4. The van der Waals surface area contributed by atoms with E-state index in [0.717, 1.165) is 22.6 Å². The number of anilines is 3. The van der Waals surface area contributed by atoms with Crippen LogP contribution in [0.1, 0.15) is 47.1 Å². The van der Waals surface area contributed by atoms with E-state index in [0.29, 0.717) is 17.6 Å². The quantitative estimate of drug-likeness (QED) is 0.655. The average Bonchev–Trinajstić information content (AvgIpc) is 2.63.